The van der Waals surface area contributed by atoms with E-state index in [0.29, 0.717) is 0 Å². The van der Waals surface area contributed by atoms with E-state index in [-0.39, 0.29) is 11.8 Å². The molecule has 1 aromatic carbocycles. The van der Waals surface area contributed by atoms with E-state index in [2.05, 4.69) is 31.0 Å². The topological polar surface area (TPSA) is 66.0 Å². The van der Waals surface area contributed by atoms with Crippen LogP contribution >= 0.6 is 0 Å². The van der Waals surface area contributed by atoms with Gasteiger partial charge in [-0.2, -0.15) is 5.10 Å². The van der Waals surface area contributed by atoms with E-state index in [0.717, 1.165) is 22.4 Å². The number of nitrogens with zero attached hydrogens (tertiary/aromatic N) is 1. The summed E-state index contributed by atoms with van der Waals surface area (Å²) >= 11 is 0. The molecular weight excluding hydrogens is 240 g/mol. The molecule has 2 aromatic rings. The average Bonchev–Trinajstić information content (AvgIpc) is 2.77. The predicted molar refractivity (Wildman–Crippen MR) is 74.1 cm³/mol. The number of aromatic amines is 1. The number of aromatic nitrogens is 2. The molecule has 0 radical (unpaired) electrons. The van der Waals surface area contributed by atoms with Gasteiger partial charge in [-0.15, -0.1) is 0 Å². The van der Waals surface area contributed by atoms with Crippen LogP contribution in [0.4, 0.5) is 0 Å². The Morgan fingerprint density at radius 3 is 2.42 bits per heavy atom. The van der Waals surface area contributed by atoms with Crippen LogP contribution in [-0.2, 0) is 16.6 Å². The van der Waals surface area contributed by atoms with Crippen LogP contribution in [0.25, 0.3) is 11.1 Å². The summed E-state index contributed by atoms with van der Waals surface area (Å²) in [6.45, 7) is 6.38. The lowest BCUT2D eigenvalue weighted by Gasteiger charge is -2.18. The molecule has 4 heteroatoms. The van der Waals surface area contributed by atoms with Gasteiger partial charge in [0, 0.05) is 16.7 Å². The van der Waals surface area contributed by atoms with Gasteiger partial charge >= 0.3 is 5.97 Å². The maximum absolute atomic E-state index is 10.7. The summed E-state index contributed by atoms with van der Waals surface area (Å²) in [6.07, 6.45) is 1.87. The number of aliphatic carboxylic acids is 1. The van der Waals surface area contributed by atoms with Gasteiger partial charge in [-0.25, -0.2) is 0 Å². The van der Waals surface area contributed by atoms with Crippen molar-refractivity contribution >= 4 is 5.97 Å². The van der Waals surface area contributed by atoms with Gasteiger partial charge in [0.15, 0.2) is 0 Å². The highest BCUT2D eigenvalue weighted by Crippen LogP contribution is 2.31. The Balaban J connectivity index is 2.33. The molecule has 0 spiro atoms. The Morgan fingerprint density at radius 2 is 1.89 bits per heavy atom. The van der Waals surface area contributed by atoms with Crippen LogP contribution in [0.3, 0.4) is 0 Å². The van der Waals surface area contributed by atoms with E-state index in [4.69, 9.17) is 5.11 Å². The number of H-pyrrole nitrogens is 1. The van der Waals surface area contributed by atoms with Gasteiger partial charge in [-0.3, -0.25) is 9.89 Å². The smallest absolute Gasteiger partial charge is 0.307 e. The van der Waals surface area contributed by atoms with Gasteiger partial charge in [-0.05, 0) is 11.1 Å². The molecule has 0 atom stereocenters. The lowest BCUT2D eigenvalue weighted by atomic mass is 9.87. The molecule has 2 rings (SSSR count). The standard InChI is InChI=1S/C15H18N2O2/c1-15(2,3)14-12(9-16-17-14)11-6-4-10(5-7-11)8-13(18)19/h4-7,9H,8H2,1-3H3,(H,16,17)(H,18,19). The van der Waals surface area contributed by atoms with Crippen molar-refractivity contribution in [1.82, 2.24) is 10.2 Å². The second-order valence-electron chi connectivity index (χ2n) is 5.68. The molecule has 0 fully saturated rings. The zero-order chi connectivity index (χ0) is 14.0. The van der Waals surface area contributed by atoms with Crippen LogP contribution in [0.1, 0.15) is 32.0 Å². The number of carboxylic acids is 1. The van der Waals surface area contributed by atoms with Crippen molar-refractivity contribution in [3.05, 3.63) is 41.7 Å². The first kappa shape index (κ1) is 13.3. The lowest BCUT2D eigenvalue weighted by molar-refractivity contribution is -0.136. The number of rotatable bonds is 3. The number of carbonyl (C=O) groups is 1. The average molecular weight is 258 g/mol. The SMILES string of the molecule is CC(C)(C)c1[nH]ncc1-c1ccc(CC(=O)O)cc1. The molecule has 0 bridgehead atoms. The van der Waals surface area contributed by atoms with Gasteiger partial charge in [-0.1, -0.05) is 45.0 Å². The summed E-state index contributed by atoms with van der Waals surface area (Å²) in [5.41, 5.74) is 3.99. The molecule has 19 heavy (non-hydrogen) atoms. The van der Waals surface area contributed by atoms with Crippen molar-refractivity contribution < 1.29 is 9.90 Å². The van der Waals surface area contributed by atoms with Crippen molar-refractivity contribution in [1.29, 1.82) is 0 Å². The first-order chi connectivity index (χ1) is 8.88. The van der Waals surface area contributed by atoms with Crippen molar-refractivity contribution in [3.8, 4) is 11.1 Å². The Kier molecular flexibility index (Phi) is 3.42. The molecule has 0 amide bonds. The van der Waals surface area contributed by atoms with E-state index in [9.17, 15) is 4.79 Å². The molecule has 0 aliphatic rings. The van der Waals surface area contributed by atoms with E-state index >= 15 is 0 Å². The highest BCUT2D eigenvalue weighted by molar-refractivity contribution is 5.71. The lowest BCUT2D eigenvalue weighted by Crippen LogP contribution is -2.13. The molecule has 100 valence electrons. The molecule has 1 aromatic heterocycles. The van der Waals surface area contributed by atoms with Gasteiger partial charge < -0.3 is 5.11 Å². The first-order valence-corrected chi connectivity index (χ1v) is 6.23. The number of nitrogens with one attached hydrogen (secondary N) is 1. The first-order valence-electron chi connectivity index (χ1n) is 6.23. The molecule has 0 unspecified atom stereocenters. The van der Waals surface area contributed by atoms with Gasteiger partial charge in [0.05, 0.1) is 12.6 Å². The molecule has 0 aliphatic heterocycles. The third-order valence-electron chi connectivity index (χ3n) is 3.01. The fourth-order valence-corrected chi connectivity index (χ4v) is 2.05. The zero-order valence-corrected chi connectivity index (χ0v) is 11.4. The van der Waals surface area contributed by atoms with Crippen LogP contribution in [0, 0.1) is 0 Å². The van der Waals surface area contributed by atoms with Crippen LogP contribution < -0.4 is 0 Å². The van der Waals surface area contributed by atoms with Crippen LogP contribution in [0.5, 0.6) is 0 Å². The number of carboxylic acid groups (broad SMARTS) is 1. The van der Waals surface area contributed by atoms with Crippen molar-refractivity contribution in [3.63, 3.8) is 0 Å². The van der Waals surface area contributed by atoms with Gasteiger partial charge in [0.1, 0.15) is 0 Å². The van der Waals surface area contributed by atoms with Crippen LogP contribution in [0.15, 0.2) is 30.5 Å². The fourth-order valence-electron chi connectivity index (χ4n) is 2.05. The zero-order valence-electron chi connectivity index (χ0n) is 11.4. The summed E-state index contributed by atoms with van der Waals surface area (Å²) in [6, 6.07) is 7.59. The highest BCUT2D eigenvalue weighted by Gasteiger charge is 2.20. The molecule has 4 nitrogen and oxygen atoms in total. The van der Waals surface area contributed by atoms with Crippen molar-refractivity contribution in [2.45, 2.75) is 32.6 Å². The Bertz CT molecular complexity index is 577. The van der Waals surface area contributed by atoms with Gasteiger partial charge in [0.2, 0.25) is 0 Å². The number of hydrogen-bond acceptors (Lipinski definition) is 2. The maximum atomic E-state index is 10.7. The molecular formula is C15H18N2O2. The molecule has 0 saturated carbocycles. The van der Waals surface area contributed by atoms with E-state index in [1.165, 1.54) is 0 Å². The summed E-state index contributed by atoms with van der Waals surface area (Å²) in [5.74, 6) is -0.813. The predicted octanol–water partition coefficient (Wildman–Crippen LogP) is 3.00. The largest absolute Gasteiger partial charge is 0.481 e. The second-order valence-corrected chi connectivity index (χ2v) is 5.68. The molecule has 2 N–H and O–H groups in total. The minimum atomic E-state index is -0.813. The summed E-state index contributed by atoms with van der Waals surface area (Å²) in [4.78, 5) is 10.7. The minimum Gasteiger partial charge on any atom is -0.481 e. The Morgan fingerprint density at radius 1 is 1.26 bits per heavy atom. The number of benzene rings is 1. The van der Waals surface area contributed by atoms with E-state index in [1.54, 1.807) is 0 Å². The molecule has 0 saturated heterocycles. The van der Waals surface area contributed by atoms with Gasteiger partial charge in [0.25, 0.3) is 0 Å². The maximum Gasteiger partial charge on any atom is 0.307 e. The second kappa shape index (κ2) is 4.88. The minimum absolute atomic E-state index is 0.00836. The Hall–Kier alpha value is -2.10. The highest BCUT2D eigenvalue weighted by atomic mass is 16.4. The summed E-state index contributed by atoms with van der Waals surface area (Å²) in [5, 5.41) is 15.9. The molecule has 0 aliphatic carbocycles. The quantitative estimate of drug-likeness (QED) is 0.889. The van der Waals surface area contributed by atoms with E-state index in [1.807, 2.05) is 30.5 Å². The fraction of sp³-hybridized carbons (Fsp3) is 0.333. The normalized spacial score (nSPS) is 11.5. The monoisotopic (exact) mass is 258 g/mol. The summed E-state index contributed by atoms with van der Waals surface area (Å²) in [7, 11) is 0. The van der Waals surface area contributed by atoms with Crippen molar-refractivity contribution in [2.24, 2.45) is 0 Å². The third-order valence-corrected chi connectivity index (χ3v) is 3.01. The van der Waals surface area contributed by atoms with Crippen molar-refractivity contribution in [2.75, 3.05) is 0 Å². The van der Waals surface area contributed by atoms with Crippen LogP contribution in [0.2, 0.25) is 0 Å². The van der Waals surface area contributed by atoms with E-state index < -0.39 is 5.97 Å². The summed E-state index contributed by atoms with van der Waals surface area (Å²) < 4.78 is 0. The Labute approximate surface area is 112 Å². The number of hydrogen-bond donors (Lipinski definition) is 2. The third kappa shape index (κ3) is 3.02. The van der Waals surface area contributed by atoms with Crippen LogP contribution in [-0.4, -0.2) is 21.3 Å². The molecule has 1 heterocycles.